The number of nitrogens with zero attached hydrogens (tertiary/aromatic N) is 4. The zero-order valence-corrected chi connectivity index (χ0v) is 16.0. The largest absolute Gasteiger partial charge is 0.322 e. The number of likely N-dealkylation sites (tertiary alicyclic amines) is 1. The van der Waals surface area contributed by atoms with Crippen molar-refractivity contribution < 1.29 is 13.2 Å². The number of amides is 2. The zero-order chi connectivity index (χ0) is 19.0. The Labute approximate surface area is 158 Å². The number of hydrogen-bond donors (Lipinski definition) is 1. The number of hydrogen-bond acceptors (Lipinski definition) is 4. The van der Waals surface area contributed by atoms with Gasteiger partial charge in [-0.25, -0.2) is 13.2 Å². The van der Waals surface area contributed by atoms with Crippen molar-refractivity contribution in [1.82, 2.24) is 19.0 Å². The van der Waals surface area contributed by atoms with E-state index in [0.29, 0.717) is 32.6 Å². The van der Waals surface area contributed by atoms with E-state index < -0.39 is 10.0 Å². The standard InChI is InChI=1S/C18H23N5O3S/c1-27(25,26)22-11-7-16-14(12-22)4-2-5-17(16)20-18(24)21-10-6-15(13-21)23-9-3-8-19-23/h2-5,8-9,15H,6-7,10-13H2,1H3,(H,20,24). The van der Waals surface area contributed by atoms with Gasteiger partial charge in [0.2, 0.25) is 10.0 Å². The Morgan fingerprint density at radius 2 is 2.11 bits per heavy atom. The first-order valence-corrected chi connectivity index (χ1v) is 10.9. The van der Waals surface area contributed by atoms with Crippen molar-refractivity contribution in [2.45, 2.75) is 25.4 Å². The van der Waals surface area contributed by atoms with Crippen molar-refractivity contribution >= 4 is 21.7 Å². The molecule has 144 valence electrons. The smallest absolute Gasteiger partial charge is 0.321 e. The maximum atomic E-state index is 12.7. The van der Waals surface area contributed by atoms with Crippen LogP contribution in [0.4, 0.5) is 10.5 Å². The lowest BCUT2D eigenvalue weighted by Crippen LogP contribution is -2.36. The summed E-state index contributed by atoms with van der Waals surface area (Å²) in [5.41, 5.74) is 2.74. The highest BCUT2D eigenvalue weighted by Gasteiger charge is 2.29. The summed E-state index contributed by atoms with van der Waals surface area (Å²) in [6, 6.07) is 7.64. The van der Waals surface area contributed by atoms with Crippen molar-refractivity contribution in [2.24, 2.45) is 0 Å². The SMILES string of the molecule is CS(=O)(=O)N1CCc2c(cccc2NC(=O)N2CCC(n3cccn3)C2)C1. The number of benzene rings is 1. The van der Waals surface area contributed by atoms with E-state index >= 15 is 0 Å². The molecule has 4 rings (SSSR count). The molecule has 1 N–H and O–H groups in total. The molecule has 0 spiro atoms. The maximum absolute atomic E-state index is 12.7. The fourth-order valence-corrected chi connectivity index (χ4v) is 4.61. The normalized spacial score (nSPS) is 20.5. The Kier molecular flexibility index (Phi) is 4.65. The van der Waals surface area contributed by atoms with Gasteiger partial charge in [-0.15, -0.1) is 0 Å². The number of fused-ring (bicyclic) bond motifs is 1. The van der Waals surface area contributed by atoms with Crippen LogP contribution in [0.5, 0.6) is 0 Å². The van der Waals surface area contributed by atoms with Crippen LogP contribution in [0, 0.1) is 0 Å². The molecule has 8 nitrogen and oxygen atoms in total. The Morgan fingerprint density at radius 3 is 2.85 bits per heavy atom. The summed E-state index contributed by atoms with van der Waals surface area (Å²) in [7, 11) is -3.22. The van der Waals surface area contributed by atoms with E-state index in [2.05, 4.69) is 10.4 Å². The van der Waals surface area contributed by atoms with Gasteiger partial charge in [-0.1, -0.05) is 12.1 Å². The molecule has 1 saturated heterocycles. The van der Waals surface area contributed by atoms with Gasteiger partial charge in [-0.05, 0) is 36.1 Å². The Morgan fingerprint density at radius 1 is 1.26 bits per heavy atom. The highest BCUT2D eigenvalue weighted by atomic mass is 32.2. The van der Waals surface area contributed by atoms with E-state index in [4.69, 9.17) is 0 Å². The molecular formula is C18H23N5O3S. The summed E-state index contributed by atoms with van der Waals surface area (Å²) in [6.07, 6.45) is 6.37. The molecule has 2 aliphatic heterocycles. The van der Waals surface area contributed by atoms with Gasteiger partial charge in [-0.3, -0.25) is 4.68 Å². The minimum Gasteiger partial charge on any atom is -0.322 e. The van der Waals surface area contributed by atoms with Gasteiger partial charge in [0.15, 0.2) is 0 Å². The lowest BCUT2D eigenvalue weighted by molar-refractivity contribution is 0.220. The van der Waals surface area contributed by atoms with Gasteiger partial charge in [0, 0.05) is 44.3 Å². The molecule has 9 heteroatoms. The van der Waals surface area contributed by atoms with Crippen LogP contribution in [0.25, 0.3) is 0 Å². The molecule has 0 bridgehead atoms. The number of anilines is 1. The van der Waals surface area contributed by atoms with Crippen molar-refractivity contribution in [1.29, 1.82) is 0 Å². The number of nitrogens with one attached hydrogen (secondary N) is 1. The highest BCUT2D eigenvalue weighted by molar-refractivity contribution is 7.88. The van der Waals surface area contributed by atoms with E-state index in [1.54, 1.807) is 11.1 Å². The topological polar surface area (TPSA) is 87.5 Å². The number of urea groups is 1. The molecule has 2 amide bonds. The van der Waals surface area contributed by atoms with Crippen LogP contribution in [0.15, 0.2) is 36.7 Å². The monoisotopic (exact) mass is 389 g/mol. The summed E-state index contributed by atoms with van der Waals surface area (Å²) in [6.45, 7) is 2.10. The maximum Gasteiger partial charge on any atom is 0.321 e. The van der Waals surface area contributed by atoms with Crippen molar-refractivity contribution in [3.63, 3.8) is 0 Å². The molecular weight excluding hydrogens is 366 g/mol. The first kappa shape index (κ1) is 18.0. The predicted molar refractivity (Wildman–Crippen MR) is 102 cm³/mol. The van der Waals surface area contributed by atoms with Crippen molar-refractivity contribution in [2.75, 3.05) is 31.2 Å². The van der Waals surface area contributed by atoms with Gasteiger partial charge in [0.1, 0.15) is 0 Å². The van der Waals surface area contributed by atoms with Crippen LogP contribution in [0.2, 0.25) is 0 Å². The van der Waals surface area contributed by atoms with Gasteiger partial charge in [0.05, 0.1) is 12.3 Å². The lowest BCUT2D eigenvalue weighted by atomic mass is 9.99. The van der Waals surface area contributed by atoms with Crippen molar-refractivity contribution in [3.05, 3.63) is 47.8 Å². The van der Waals surface area contributed by atoms with Crippen LogP contribution < -0.4 is 5.32 Å². The number of aromatic nitrogens is 2. The third-order valence-electron chi connectivity index (χ3n) is 5.29. The lowest BCUT2D eigenvalue weighted by Gasteiger charge is -2.28. The van der Waals surface area contributed by atoms with Gasteiger partial charge in [-0.2, -0.15) is 9.40 Å². The molecule has 1 aromatic heterocycles. The Balaban J connectivity index is 1.45. The minimum absolute atomic E-state index is 0.122. The van der Waals surface area contributed by atoms with E-state index in [1.165, 1.54) is 10.6 Å². The first-order valence-electron chi connectivity index (χ1n) is 9.03. The summed E-state index contributed by atoms with van der Waals surface area (Å²) in [5, 5.41) is 7.29. The molecule has 1 fully saturated rings. The molecule has 1 aromatic carbocycles. The Bertz CT molecular complexity index is 942. The van der Waals surface area contributed by atoms with Crippen molar-refractivity contribution in [3.8, 4) is 0 Å². The number of sulfonamides is 1. The van der Waals surface area contributed by atoms with Crippen LogP contribution in [0.1, 0.15) is 23.6 Å². The van der Waals surface area contributed by atoms with E-state index in [-0.39, 0.29) is 12.1 Å². The summed E-state index contributed by atoms with van der Waals surface area (Å²) < 4.78 is 27.0. The molecule has 27 heavy (non-hydrogen) atoms. The number of carbonyl (C=O) groups is 1. The minimum atomic E-state index is -3.22. The van der Waals surface area contributed by atoms with Gasteiger partial charge in [0.25, 0.3) is 0 Å². The summed E-state index contributed by atoms with van der Waals surface area (Å²) in [5.74, 6) is 0. The molecule has 3 heterocycles. The summed E-state index contributed by atoms with van der Waals surface area (Å²) in [4.78, 5) is 14.5. The molecule has 1 atom stereocenters. The number of carbonyl (C=O) groups excluding carboxylic acids is 1. The van der Waals surface area contributed by atoms with E-state index in [9.17, 15) is 13.2 Å². The third-order valence-corrected chi connectivity index (χ3v) is 6.54. The third kappa shape index (κ3) is 3.70. The summed E-state index contributed by atoms with van der Waals surface area (Å²) >= 11 is 0. The predicted octanol–water partition coefficient (Wildman–Crippen LogP) is 1.68. The van der Waals surface area contributed by atoms with Crippen LogP contribution >= 0.6 is 0 Å². The molecule has 1 unspecified atom stereocenters. The van der Waals surface area contributed by atoms with E-state index in [0.717, 1.165) is 23.2 Å². The molecule has 0 aliphatic carbocycles. The van der Waals surface area contributed by atoms with Crippen LogP contribution in [-0.4, -0.2) is 59.3 Å². The molecule has 0 saturated carbocycles. The Hall–Kier alpha value is -2.39. The second kappa shape index (κ2) is 6.97. The average molecular weight is 389 g/mol. The van der Waals surface area contributed by atoms with Crippen LogP contribution in [-0.2, 0) is 23.0 Å². The highest BCUT2D eigenvalue weighted by Crippen LogP contribution is 2.28. The zero-order valence-electron chi connectivity index (χ0n) is 15.2. The fourth-order valence-electron chi connectivity index (χ4n) is 3.82. The van der Waals surface area contributed by atoms with Crippen LogP contribution in [0.3, 0.4) is 0 Å². The van der Waals surface area contributed by atoms with Gasteiger partial charge < -0.3 is 10.2 Å². The average Bonchev–Trinajstić information content (AvgIpc) is 3.32. The fraction of sp³-hybridized carbons (Fsp3) is 0.444. The molecule has 2 aliphatic rings. The molecule has 2 aromatic rings. The molecule has 0 radical (unpaired) electrons. The first-order chi connectivity index (χ1) is 12.9. The van der Waals surface area contributed by atoms with E-state index in [1.807, 2.05) is 35.1 Å². The second-order valence-corrected chi connectivity index (χ2v) is 9.08. The number of rotatable bonds is 3. The quantitative estimate of drug-likeness (QED) is 0.865. The second-order valence-electron chi connectivity index (χ2n) is 7.09. The van der Waals surface area contributed by atoms with Gasteiger partial charge >= 0.3 is 6.03 Å².